The number of hydrogen-bond donors (Lipinski definition) is 1. The van der Waals surface area contributed by atoms with Gasteiger partial charge in [-0.15, -0.1) is 11.6 Å². The van der Waals surface area contributed by atoms with Gasteiger partial charge in [0.1, 0.15) is 0 Å². The minimum Gasteiger partial charge on any atom is -0.481 e. The Bertz CT molecular complexity index is 449. The first kappa shape index (κ1) is 12.5. The normalized spacial score (nSPS) is 9.81. The van der Waals surface area contributed by atoms with E-state index in [0.29, 0.717) is 17.0 Å². The van der Waals surface area contributed by atoms with Crippen LogP contribution in [-0.2, 0) is 23.5 Å². The third-order valence-corrected chi connectivity index (χ3v) is 2.70. The molecule has 0 saturated carbocycles. The van der Waals surface area contributed by atoms with Crippen molar-refractivity contribution >= 4 is 17.6 Å². The fourth-order valence-corrected chi connectivity index (χ4v) is 1.86. The quantitative estimate of drug-likeness (QED) is 0.819. The third-order valence-electron chi connectivity index (χ3n) is 2.41. The van der Waals surface area contributed by atoms with Crippen molar-refractivity contribution in [1.29, 1.82) is 5.26 Å². The van der Waals surface area contributed by atoms with Crippen LogP contribution in [0.3, 0.4) is 0 Å². The Morgan fingerprint density at radius 2 is 2.12 bits per heavy atom. The second-order valence-corrected chi connectivity index (χ2v) is 3.71. The van der Waals surface area contributed by atoms with Gasteiger partial charge in [-0.25, -0.2) is 0 Å². The molecule has 0 atom stereocenters. The molecule has 0 unspecified atom stereocenters. The number of benzene rings is 1. The molecule has 1 rings (SSSR count). The summed E-state index contributed by atoms with van der Waals surface area (Å²) < 4.78 is 0. The van der Waals surface area contributed by atoms with Crippen LogP contribution >= 0.6 is 11.6 Å². The molecule has 0 aliphatic carbocycles. The van der Waals surface area contributed by atoms with Crippen molar-refractivity contribution in [2.75, 3.05) is 0 Å². The van der Waals surface area contributed by atoms with E-state index >= 15 is 0 Å². The van der Waals surface area contributed by atoms with Gasteiger partial charge in [-0.05, 0) is 29.2 Å². The van der Waals surface area contributed by atoms with Crippen LogP contribution in [-0.4, -0.2) is 11.1 Å². The van der Waals surface area contributed by atoms with Gasteiger partial charge in [0.2, 0.25) is 0 Å². The molecule has 3 nitrogen and oxygen atoms in total. The van der Waals surface area contributed by atoms with Crippen LogP contribution in [0.1, 0.15) is 29.2 Å². The summed E-state index contributed by atoms with van der Waals surface area (Å²) in [5, 5.41) is 17.7. The van der Waals surface area contributed by atoms with Crippen molar-refractivity contribution in [3.8, 4) is 6.07 Å². The molecule has 1 N–H and O–H groups in total. The second kappa shape index (κ2) is 5.53. The van der Waals surface area contributed by atoms with Gasteiger partial charge in [0.15, 0.2) is 0 Å². The molecule has 0 aromatic heterocycles. The zero-order valence-electron chi connectivity index (χ0n) is 8.96. The molecule has 0 bridgehead atoms. The summed E-state index contributed by atoms with van der Waals surface area (Å²) in [6, 6.07) is 5.47. The molecular formula is C12H12ClNO2. The average Bonchev–Trinajstić information content (AvgIpc) is 2.27. The van der Waals surface area contributed by atoms with Crippen molar-refractivity contribution < 1.29 is 9.90 Å². The maximum Gasteiger partial charge on any atom is 0.307 e. The van der Waals surface area contributed by atoms with Crippen molar-refractivity contribution in [1.82, 2.24) is 0 Å². The van der Waals surface area contributed by atoms with E-state index in [1.807, 2.05) is 13.0 Å². The van der Waals surface area contributed by atoms with E-state index in [4.69, 9.17) is 22.0 Å². The molecule has 84 valence electrons. The van der Waals surface area contributed by atoms with Gasteiger partial charge in [0.05, 0.1) is 18.1 Å². The first-order chi connectivity index (χ1) is 7.62. The SMILES string of the molecule is CCc1cc(C#N)c(CC(=O)O)cc1CCl. The highest BCUT2D eigenvalue weighted by Crippen LogP contribution is 2.19. The van der Waals surface area contributed by atoms with Gasteiger partial charge < -0.3 is 5.11 Å². The monoisotopic (exact) mass is 237 g/mol. The number of halogens is 1. The van der Waals surface area contributed by atoms with Crippen molar-refractivity contribution in [3.05, 3.63) is 34.4 Å². The van der Waals surface area contributed by atoms with Crippen molar-refractivity contribution in [3.63, 3.8) is 0 Å². The number of carboxylic acid groups (broad SMARTS) is 1. The van der Waals surface area contributed by atoms with Crippen LogP contribution in [0.15, 0.2) is 12.1 Å². The maximum absolute atomic E-state index is 10.6. The number of hydrogen-bond acceptors (Lipinski definition) is 2. The predicted molar refractivity (Wildman–Crippen MR) is 61.4 cm³/mol. The summed E-state index contributed by atoms with van der Waals surface area (Å²) >= 11 is 5.78. The van der Waals surface area contributed by atoms with Gasteiger partial charge in [-0.3, -0.25) is 4.79 Å². The minimum atomic E-state index is -0.943. The number of carboxylic acids is 1. The van der Waals surface area contributed by atoms with Gasteiger partial charge in [0, 0.05) is 5.88 Å². The Hall–Kier alpha value is -1.53. The Labute approximate surface area is 99.3 Å². The van der Waals surface area contributed by atoms with Crippen LogP contribution in [0, 0.1) is 11.3 Å². The summed E-state index contributed by atoms with van der Waals surface area (Å²) in [6.45, 7) is 1.98. The van der Waals surface area contributed by atoms with E-state index in [9.17, 15) is 4.79 Å². The Morgan fingerprint density at radius 1 is 1.44 bits per heavy atom. The zero-order valence-corrected chi connectivity index (χ0v) is 9.71. The fourth-order valence-electron chi connectivity index (χ4n) is 1.61. The molecule has 16 heavy (non-hydrogen) atoms. The molecule has 0 amide bonds. The molecule has 0 saturated heterocycles. The van der Waals surface area contributed by atoms with Crippen molar-refractivity contribution in [2.24, 2.45) is 0 Å². The Balaban J connectivity index is 3.27. The van der Waals surface area contributed by atoms with Crippen LogP contribution in [0.5, 0.6) is 0 Å². The predicted octanol–water partition coefficient (Wildman–Crippen LogP) is 2.49. The third kappa shape index (κ3) is 2.74. The highest BCUT2D eigenvalue weighted by Gasteiger charge is 2.11. The lowest BCUT2D eigenvalue weighted by Crippen LogP contribution is -2.04. The molecule has 0 radical (unpaired) electrons. The van der Waals surface area contributed by atoms with E-state index in [1.54, 1.807) is 12.1 Å². The molecule has 1 aromatic carbocycles. The topological polar surface area (TPSA) is 61.1 Å². The molecule has 1 aromatic rings. The highest BCUT2D eigenvalue weighted by atomic mass is 35.5. The van der Waals surface area contributed by atoms with E-state index in [0.717, 1.165) is 17.5 Å². The highest BCUT2D eigenvalue weighted by molar-refractivity contribution is 6.17. The molecule has 0 heterocycles. The number of nitriles is 1. The molecule has 0 aliphatic rings. The first-order valence-corrected chi connectivity index (χ1v) is 5.48. The van der Waals surface area contributed by atoms with Gasteiger partial charge in [0.25, 0.3) is 0 Å². The standard InChI is InChI=1S/C12H12ClNO2/c1-2-8-3-11(7-14)9(5-12(15)16)4-10(8)6-13/h3-4H,2,5-6H2,1H3,(H,15,16). The lowest BCUT2D eigenvalue weighted by atomic mass is 9.96. The fraction of sp³-hybridized carbons (Fsp3) is 0.333. The van der Waals surface area contributed by atoms with Crippen LogP contribution in [0.2, 0.25) is 0 Å². The maximum atomic E-state index is 10.6. The largest absolute Gasteiger partial charge is 0.481 e. The summed E-state index contributed by atoms with van der Waals surface area (Å²) in [6.07, 6.45) is 0.640. The molecule has 0 spiro atoms. The Kier molecular flexibility index (Phi) is 4.33. The molecule has 4 heteroatoms. The lowest BCUT2D eigenvalue weighted by molar-refractivity contribution is -0.136. The minimum absolute atomic E-state index is 0.142. The number of carbonyl (C=O) groups is 1. The van der Waals surface area contributed by atoms with E-state index in [1.165, 1.54) is 0 Å². The summed E-state index contributed by atoms with van der Waals surface area (Å²) in [5.41, 5.74) is 2.86. The summed E-state index contributed by atoms with van der Waals surface area (Å²) in [4.78, 5) is 10.6. The molecule has 0 fully saturated rings. The number of aliphatic carboxylic acids is 1. The number of rotatable bonds is 4. The number of aryl methyl sites for hydroxylation is 1. The average molecular weight is 238 g/mol. The zero-order chi connectivity index (χ0) is 12.1. The van der Waals surface area contributed by atoms with Crippen molar-refractivity contribution in [2.45, 2.75) is 25.6 Å². The van der Waals surface area contributed by atoms with Crippen LogP contribution < -0.4 is 0 Å². The van der Waals surface area contributed by atoms with Gasteiger partial charge >= 0.3 is 5.97 Å². The lowest BCUT2D eigenvalue weighted by Gasteiger charge is -2.09. The first-order valence-electron chi connectivity index (χ1n) is 4.94. The van der Waals surface area contributed by atoms with Crippen LogP contribution in [0.4, 0.5) is 0 Å². The second-order valence-electron chi connectivity index (χ2n) is 3.45. The van der Waals surface area contributed by atoms with E-state index in [-0.39, 0.29) is 6.42 Å². The molecule has 0 aliphatic heterocycles. The smallest absolute Gasteiger partial charge is 0.307 e. The van der Waals surface area contributed by atoms with E-state index < -0.39 is 5.97 Å². The van der Waals surface area contributed by atoms with Gasteiger partial charge in [-0.1, -0.05) is 13.0 Å². The number of nitrogens with zero attached hydrogens (tertiary/aromatic N) is 1. The molecular weight excluding hydrogens is 226 g/mol. The van der Waals surface area contributed by atoms with E-state index in [2.05, 4.69) is 0 Å². The van der Waals surface area contributed by atoms with Gasteiger partial charge in [-0.2, -0.15) is 5.26 Å². The number of alkyl halides is 1. The Morgan fingerprint density at radius 3 is 2.56 bits per heavy atom. The summed E-state index contributed by atoms with van der Waals surface area (Å²) in [5.74, 6) is -0.608. The van der Waals surface area contributed by atoms with Crippen LogP contribution in [0.25, 0.3) is 0 Å². The summed E-state index contributed by atoms with van der Waals surface area (Å²) in [7, 11) is 0.